The van der Waals surface area contributed by atoms with E-state index < -0.39 is 23.7 Å². The molecule has 0 amide bonds. The van der Waals surface area contributed by atoms with Crippen molar-refractivity contribution in [3.63, 3.8) is 0 Å². The van der Waals surface area contributed by atoms with Crippen LogP contribution in [0.1, 0.15) is 32.0 Å². The lowest BCUT2D eigenvalue weighted by Gasteiger charge is -2.07. The molecule has 2 aromatic carbocycles. The summed E-state index contributed by atoms with van der Waals surface area (Å²) in [5.74, 6) is -1.95. The molecule has 3 aromatic rings. The maximum atomic E-state index is 12.8. The zero-order chi connectivity index (χ0) is 22.6. The minimum absolute atomic E-state index is 0.00536. The molecular weight excluding hydrogens is 439 g/mol. The number of ether oxygens (including phenoxy) is 1. The van der Waals surface area contributed by atoms with E-state index >= 15 is 0 Å². The highest BCUT2D eigenvalue weighted by Gasteiger charge is 2.31. The summed E-state index contributed by atoms with van der Waals surface area (Å²) in [6.45, 7) is 0. The van der Waals surface area contributed by atoms with Crippen molar-refractivity contribution in [2.45, 2.75) is 6.18 Å². The third-order valence-electron chi connectivity index (χ3n) is 3.99. The number of para-hydroxylation sites is 1. The molecule has 7 nitrogen and oxygen atoms in total. The molecule has 0 fully saturated rings. The van der Waals surface area contributed by atoms with Crippen molar-refractivity contribution in [1.82, 2.24) is 9.78 Å². The lowest BCUT2D eigenvalue weighted by molar-refractivity contribution is -0.137. The first-order valence-corrected chi connectivity index (χ1v) is 8.94. The number of halogens is 4. The van der Waals surface area contributed by atoms with Gasteiger partial charge < -0.3 is 9.57 Å². The van der Waals surface area contributed by atoms with Gasteiger partial charge in [-0.2, -0.15) is 18.3 Å². The van der Waals surface area contributed by atoms with Gasteiger partial charge >= 0.3 is 18.1 Å². The van der Waals surface area contributed by atoms with Crippen molar-refractivity contribution < 1.29 is 32.3 Å². The molecule has 11 heteroatoms. The number of rotatable bonds is 5. The molecule has 0 aliphatic rings. The fourth-order valence-corrected chi connectivity index (χ4v) is 2.79. The Morgan fingerprint density at radius 1 is 1.10 bits per heavy atom. The number of methoxy groups -OCH3 is 1. The van der Waals surface area contributed by atoms with E-state index in [1.807, 2.05) is 0 Å². The molecule has 0 bridgehead atoms. The van der Waals surface area contributed by atoms with E-state index in [0.717, 1.165) is 31.5 Å². The van der Waals surface area contributed by atoms with E-state index in [1.165, 1.54) is 4.68 Å². The third kappa shape index (κ3) is 4.92. The predicted molar refractivity (Wildman–Crippen MR) is 104 cm³/mol. The van der Waals surface area contributed by atoms with Crippen LogP contribution in [0.25, 0.3) is 5.69 Å². The molecule has 0 spiro atoms. The van der Waals surface area contributed by atoms with Crippen LogP contribution < -0.4 is 0 Å². The van der Waals surface area contributed by atoms with Crippen LogP contribution in [0.2, 0.25) is 5.15 Å². The first-order valence-electron chi connectivity index (χ1n) is 8.56. The lowest BCUT2D eigenvalue weighted by Crippen LogP contribution is -2.08. The standard InChI is InChI=1S/C20H13ClF3N3O4/c1-30-19(29)16-15(17(21)27(26-16)14-8-3-2-4-9-14)11-25-31-18(28)12-6-5-7-13(10-12)20(22,23)24/h2-11H,1H3/b25-11-. The van der Waals surface area contributed by atoms with Crippen molar-refractivity contribution >= 4 is 29.8 Å². The molecule has 1 heterocycles. The van der Waals surface area contributed by atoms with Gasteiger partial charge in [0, 0.05) is 0 Å². The van der Waals surface area contributed by atoms with Gasteiger partial charge in [-0.15, -0.1) is 0 Å². The van der Waals surface area contributed by atoms with Gasteiger partial charge in [-0.05, 0) is 30.3 Å². The summed E-state index contributed by atoms with van der Waals surface area (Å²) in [7, 11) is 1.15. The molecular formula is C20H13ClF3N3O4. The van der Waals surface area contributed by atoms with Crippen molar-refractivity contribution in [1.29, 1.82) is 0 Å². The van der Waals surface area contributed by atoms with Gasteiger partial charge in [-0.25, -0.2) is 14.3 Å². The fraction of sp³-hybridized carbons (Fsp3) is 0.100. The molecule has 1 aromatic heterocycles. The highest BCUT2D eigenvalue weighted by atomic mass is 35.5. The Balaban J connectivity index is 1.87. The van der Waals surface area contributed by atoms with Crippen LogP contribution in [0, 0.1) is 0 Å². The first kappa shape index (κ1) is 22.0. The summed E-state index contributed by atoms with van der Waals surface area (Å²) in [5, 5.41) is 7.53. The summed E-state index contributed by atoms with van der Waals surface area (Å²) in [6, 6.07) is 12.3. The van der Waals surface area contributed by atoms with E-state index in [-0.39, 0.29) is 22.0 Å². The molecule has 0 aliphatic carbocycles. The Hall–Kier alpha value is -3.66. The van der Waals surface area contributed by atoms with Crippen LogP contribution in [-0.4, -0.2) is 35.0 Å². The molecule has 3 rings (SSSR count). The van der Waals surface area contributed by atoms with E-state index in [0.29, 0.717) is 11.8 Å². The maximum Gasteiger partial charge on any atom is 0.416 e. The Morgan fingerprint density at radius 2 is 1.81 bits per heavy atom. The number of esters is 1. The van der Waals surface area contributed by atoms with Gasteiger partial charge in [0.2, 0.25) is 0 Å². The minimum Gasteiger partial charge on any atom is -0.464 e. The number of nitrogens with zero attached hydrogens (tertiary/aromatic N) is 3. The van der Waals surface area contributed by atoms with Gasteiger partial charge in [0.1, 0.15) is 5.15 Å². The zero-order valence-electron chi connectivity index (χ0n) is 15.8. The topological polar surface area (TPSA) is 82.8 Å². The number of oxime groups is 1. The SMILES string of the molecule is COC(=O)c1nn(-c2ccccc2)c(Cl)c1/C=N\OC(=O)c1cccc(C(F)(F)F)c1. The Kier molecular flexibility index (Phi) is 6.40. The lowest BCUT2D eigenvalue weighted by atomic mass is 10.1. The summed E-state index contributed by atoms with van der Waals surface area (Å²) >= 11 is 6.30. The highest BCUT2D eigenvalue weighted by Crippen LogP contribution is 2.29. The van der Waals surface area contributed by atoms with Crippen LogP contribution >= 0.6 is 11.6 Å². The van der Waals surface area contributed by atoms with Crippen LogP contribution in [0.3, 0.4) is 0 Å². The molecule has 0 saturated carbocycles. The van der Waals surface area contributed by atoms with Crippen LogP contribution in [0.15, 0.2) is 59.8 Å². The molecule has 0 N–H and O–H groups in total. The third-order valence-corrected chi connectivity index (χ3v) is 4.35. The van der Waals surface area contributed by atoms with Crippen LogP contribution in [0.4, 0.5) is 13.2 Å². The van der Waals surface area contributed by atoms with Crippen LogP contribution in [0.5, 0.6) is 0 Å². The van der Waals surface area contributed by atoms with Crippen LogP contribution in [-0.2, 0) is 15.8 Å². The number of benzene rings is 2. The van der Waals surface area contributed by atoms with E-state index in [4.69, 9.17) is 11.6 Å². The molecule has 0 saturated heterocycles. The summed E-state index contributed by atoms with van der Waals surface area (Å²) in [5.41, 5.74) is -1.03. The highest BCUT2D eigenvalue weighted by molar-refractivity contribution is 6.33. The monoisotopic (exact) mass is 451 g/mol. The second kappa shape index (κ2) is 9.00. The van der Waals surface area contributed by atoms with E-state index in [9.17, 15) is 22.8 Å². The predicted octanol–water partition coefficient (Wildman–Crippen LogP) is 4.52. The van der Waals surface area contributed by atoms with E-state index in [1.54, 1.807) is 30.3 Å². The number of aromatic nitrogens is 2. The number of hydrogen-bond donors (Lipinski definition) is 0. The first-order chi connectivity index (χ1) is 14.7. The maximum absolute atomic E-state index is 12.8. The number of carbonyl (C=O) groups is 2. The molecule has 0 unspecified atom stereocenters. The molecule has 160 valence electrons. The van der Waals surface area contributed by atoms with Crippen molar-refractivity contribution in [3.05, 3.63) is 82.1 Å². The summed E-state index contributed by atoms with van der Waals surface area (Å²) in [4.78, 5) is 28.8. The largest absolute Gasteiger partial charge is 0.464 e. The van der Waals surface area contributed by atoms with Crippen molar-refractivity contribution in [3.8, 4) is 5.69 Å². The summed E-state index contributed by atoms with van der Waals surface area (Å²) < 4.78 is 44.3. The van der Waals surface area contributed by atoms with Gasteiger partial charge in [-0.3, -0.25) is 0 Å². The van der Waals surface area contributed by atoms with Gasteiger partial charge in [0.05, 0.1) is 35.7 Å². The van der Waals surface area contributed by atoms with Gasteiger partial charge in [0.25, 0.3) is 0 Å². The number of carbonyl (C=O) groups excluding carboxylic acids is 2. The van der Waals surface area contributed by atoms with Gasteiger partial charge in [-0.1, -0.05) is 41.0 Å². The smallest absolute Gasteiger partial charge is 0.416 e. The van der Waals surface area contributed by atoms with E-state index in [2.05, 4.69) is 19.8 Å². The molecule has 0 atom stereocenters. The molecule has 31 heavy (non-hydrogen) atoms. The van der Waals surface area contributed by atoms with Crippen molar-refractivity contribution in [2.75, 3.05) is 7.11 Å². The van der Waals surface area contributed by atoms with Crippen molar-refractivity contribution in [2.24, 2.45) is 5.16 Å². The Labute approximate surface area is 178 Å². The number of alkyl halides is 3. The number of hydrogen-bond acceptors (Lipinski definition) is 6. The quantitative estimate of drug-likeness (QED) is 0.246. The Morgan fingerprint density at radius 3 is 2.45 bits per heavy atom. The van der Waals surface area contributed by atoms with Gasteiger partial charge in [0.15, 0.2) is 5.69 Å². The average Bonchev–Trinajstić information content (AvgIpc) is 3.09. The molecule has 0 aliphatic heterocycles. The summed E-state index contributed by atoms with van der Waals surface area (Å²) in [6.07, 6.45) is -3.67. The fourth-order valence-electron chi connectivity index (χ4n) is 2.51. The molecule has 0 radical (unpaired) electrons. The normalized spacial score (nSPS) is 11.5. The zero-order valence-corrected chi connectivity index (χ0v) is 16.5. The average molecular weight is 452 g/mol. The Bertz CT molecular complexity index is 1140. The second-order valence-corrected chi connectivity index (χ2v) is 6.34. The second-order valence-electron chi connectivity index (χ2n) is 5.98. The minimum atomic E-state index is -4.62.